The summed E-state index contributed by atoms with van der Waals surface area (Å²) in [7, 11) is 2.07. The van der Waals surface area contributed by atoms with Crippen LogP contribution in [0.2, 0.25) is 0 Å². The fourth-order valence-corrected chi connectivity index (χ4v) is 1.57. The summed E-state index contributed by atoms with van der Waals surface area (Å²) in [5.74, 6) is -0.0948. The van der Waals surface area contributed by atoms with E-state index < -0.39 is 0 Å². The minimum Gasteiger partial charge on any atom is -0.316 e. The Kier molecular flexibility index (Phi) is 6.04. The average Bonchev–Trinajstić information content (AvgIpc) is 2.28. The van der Waals surface area contributed by atoms with E-state index in [0.29, 0.717) is 0 Å². The summed E-state index contributed by atoms with van der Waals surface area (Å²) in [6.45, 7) is 5.99. The molecule has 1 rings (SSSR count). The molecule has 0 saturated carbocycles. The van der Waals surface area contributed by atoms with Crippen molar-refractivity contribution in [1.29, 1.82) is 0 Å². The van der Waals surface area contributed by atoms with Crippen molar-refractivity contribution in [3.05, 3.63) is 35.6 Å². The molecule has 0 bridgehead atoms. The Bertz CT molecular complexity index is 302. The maximum atomic E-state index is 13.3. The SMILES string of the molecule is CCNCCN(C)CCc1ccccc1F. The van der Waals surface area contributed by atoms with Gasteiger partial charge in [-0.1, -0.05) is 25.1 Å². The molecule has 3 heteroatoms. The molecule has 0 aliphatic heterocycles. The monoisotopic (exact) mass is 224 g/mol. The van der Waals surface area contributed by atoms with Crippen LogP contribution in [0.3, 0.4) is 0 Å². The van der Waals surface area contributed by atoms with E-state index in [9.17, 15) is 4.39 Å². The van der Waals surface area contributed by atoms with Crippen LogP contribution in [0.4, 0.5) is 4.39 Å². The molecular weight excluding hydrogens is 203 g/mol. The van der Waals surface area contributed by atoms with Gasteiger partial charge in [-0.25, -0.2) is 4.39 Å². The molecule has 0 saturated heterocycles. The van der Waals surface area contributed by atoms with Crippen molar-refractivity contribution in [1.82, 2.24) is 10.2 Å². The molecule has 0 amide bonds. The molecule has 0 aliphatic carbocycles. The first-order chi connectivity index (χ1) is 7.74. The third-order valence-corrected chi connectivity index (χ3v) is 2.64. The van der Waals surface area contributed by atoms with Crippen molar-refractivity contribution in [2.45, 2.75) is 13.3 Å². The Morgan fingerprint density at radius 3 is 2.69 bits per heavy atom. The average molecular weight is 224 g/mol. The van der Waals surface area contributed by atoms with Gasteiger partial charge in [0.15, 0.2) is 0 Å². The summed E-state index contributed by atoms with van der Waals surface area (Å²) >= 11 is 0. The van der Waals surface area contributed by atoms with Gasteiger partial charge in [-0.2, -0.15) is 0 Å². The van der Waals surface area contributed by atoms with Crippen molar-refractivity contribution >= 4 is 0 Å². The Labute approximate surface area is 97.5 Å². The standard InChI is InChI=1S/C13H21FN2/c1-3-15-9-11-16(2)10-8-12-6-4-5-7-13(12)14/h4-7,15H,3,8-11H2,1-2H3. The molecule has 0 heterocycles. The highest BCUT2D eigenvalue weighted by molar-refractivity contribution is 5.17. The molecule has 0 unspecified atom stereocenters. The number of hydrogen-bond donors (Lipinski definition) is 1. The number of nitrogens with one attached hydrogen (secondary N) is 1. The molecule has 16 heavy (non-hydrogen) atoms. The molecule has 0 fully saturated rings. The highest BCUT2D eigenvalue weighted by atomic mass is 19.1. The number of halogens is 1. The molecule has 0 aromatic heterocycles. The van der Waals surface area contributed by atoms with Crippen molar-refractivity contribution in [2.75, 3.05) is 33.2 Å². The van der Waals surface area contributed by atoms with Crippen molar-refractivity contribution in [3.8, 4) is 0 Å². The minimum atomic E-state index is -0.0948. The van der Waals surface area contributed by atoms with Gasteiger partial charge in [0.05, 0.1) is 0 Å². The van der Waals surface area contributed by atoms with E-state index in [1.54, 1.807) is 6.07 Å². The van der Waals surface area contributed by atoms with Crippen LogP contribution in [0.15, 0.2) is 24.3 Å². The van der Waals surface area contributed by atoms with Crippen molar-refractivity contribution in [2.24, 2.45) is 0 Å². The second kappa shape index (κ2) is 7.36. The van der Waals surface area contributed by atoms with Crippen LogP contribution < -0.4 is 5.32 Å². The van der Waals surface area contributed by atoms with Crippen LogP contribution in [0.5, 0.6) is 0 Å². The van der Waals surface area contributed by atoms with E-state index in [1.807, 2.05) is 12.1 Å². The third-order valence-electron chi connectivity index (χ3n) is 2.64. The molecule has 90 valence electrons. The largest absolute Gasteiger partial charge is 0.316 e. The Hall–Kier alpha value is -0.930. The molecule has 1 N–H and O–H groups in total. The predicted octanol–water partition coefficient (Wildman–Crippen LogP) is 1.91. The maximum absolute atomic E-state index is 13.3. The molecular formula is C13H21FN2. The van der Waals surface area contributed by atoms with Gasteiger partial charge in [-0.15, -0.1) is 0 Å². The lowest BCUT2D eigenvalue weighted by Gasteiger charge is -2.16. The lowest BCUT2D eigenvalue weighted by atomic mass is 10.1. The third kappa shape index (κ3) is 4.73. The summed E-state index contributed by atoms with van der Waals surface area (Å²) in [5.41, 5.74) is 0.804. The number of benzene rings is 1. The predicted molar refractivity (Wildman–Crippen MR) is 66.1 cm³/mol. The highest BCUT2D eigenvalue weighted by Crippen LogP contribution is 2.07. The topological polar surface area (TPSA) is 15.3 Å². The fraction of sp³-hybridized carbons (Fsp3) is 0.538. The van der Waals surface area contributed by atoms with Gasteiger partial charge in [0, 0.05) is 19.6 Å². The van der Waals surface area contributed by atoms with Gasteiger partial charge < -0.3 is 10.2 Å². The van der Waals surface area contributed by atoms with E-state index in [4.69, 9.17) is 0 Å². The molecule has 1 aromatic rings. The minimum absolute atomic E-state index is 0.0948. The summed E-state index contributed by atoms with van der Waals surface area (Å²) in [4.78, 5) is 2.22. The van der Waals surface area contributed by atoms with Gasteiger partial charge in [0.2, 0.25) is 0 Å². The van der Waals surface area contributed by atoms with Crippen LogP contribution in [0, 0.1) is 5.82 Å². The summed E-state index contributed by atoms with van der Waals surface area (Å²) < 4.78 is 13.3. The maximum Gasteiger partial charge on any atom is 0.126 e. The number of likely N-dealkylation sites (N-methyl/N-ethyl adjacent to an activating group) is 2. The van der Waals surface area contributed by atoms with Crippen LogP contribution in [0.1, 0.15) is 12.5 Å². The molecule has 0 radical (unpaired) electrons. The molecule has 0 aliphatic rings. The Morgan fingerprint density at radius 1 is 1.25 bits per heavy atom. The molecule has 1 aromatic carbocycles. The van der Waals surface area contributed by atoms with Crippen LogP contribution in [-0.2, 0) is 6.42 Å². The zero-order valence-electron chi connectivity index (χ0n) is 10.2. The number of hydrogen-bond acceptors (Lipinski definition) is 2. The first-order valence-electron chi connectivity index (χ1n) is 5.86. The van der Waals surface area contributed by atoms with Gasteiger partial charge in [-0.3, -0.25) is 0 Å². The van der Waals surface area contributed by atoms with E-state index >= 15 is 0 Å². The summed E-state index contributed by atoms with van der Waals surface area (Å²) in [5, 5.41) is 3.27. The van der Waals surface area contributed by atoms with Crippen LogP contribution in [0.25, 0.3) is 0 Å². The summed E-state index contributed by atoms with van der Waals surface area (Å²) in [6, 6.07) is 6.99. The fourth-order valence-electron chi connectivity index (χ4n) is 1.57. The zero-order valence-corrected chi connectivity index (χ0v) is 10.2. The van der Waals surface area contributed by atoms with Gasteiger partial charge >= 0.3 is 0 Å². The van der Waals surface area contributed by atoms with E-state index in [0.717, 1.165) is 38.2 Å². The highest BCUT2D eigenvalue weighted by Gasteiger charge is 2.02. The lowest BCUT2D eigenvalue weighted by molar-refractivity contribution is 0.335. The normalized spacial score (nSPS) is 11.0. The van der Waals surface area contributed by atoms with Crippen molar-refractivity contribution in [3.63, 3.8) is 0 Å². The van der Waals surface area contributed by atoms with E-state index in [-0.39, 0.29) is 5.82 Å². The van der Waals surface area contributed by atoms with Crippen LogP contribution in [-0.4, -0.2) is 38.1 Å². The molecule has 2 nitrogen and oxygen atoms in total. The van der Waals surface area contributed by atoms with Gasteiger partial charge in [0.1, 0.15) is 5.82 Å². The van der Waals surface area contributed by atoms with Crippen molar-refractivity contribution < 1.29 is 4.39 Å². The smallest absolute Gasteiger partial charge is 0.126 e. The van der Waals surface area contributed by atoms with Gasteiger partial charge in [-0.05, 0) is 31.6 Å². The first kappa shape index (κ1) is 13.1. The molecule has 0 spiro atoms. The lowest BCUT2D eigenvalue weighted by Crippen LogP contribution is -2.30. The zero-order chi connectivity index (χ0) is 11.8. The number of nitrogens with zero attached hydrogens (tertiary/aromatic N) is 1. The Morgan fingerprint density at radius 2 is 2.00 bits per heavy atom. The second-order valence-electron chi connectivity index (χ2n) is 4.00. The van der Waals surface area contributed by atoms with Crippen LogP contribution >= 0.6 is 0 Å². The first-order valence-corrected chi connectivity index (χ1v) is 5.86. The van der Waals surface area contributed by atoms with E-state index in [2.05, 4.69) is 24.2 Å². The Balaban J connectivity index is 2.26. The molecule has 0 atom stereocenters. The number of rotatable bonds is 7. The second-order valence-corrected chi connectivity index (χ2v) is 4.00. The van der Waals surface area contributed by atoms with Gasteiger partial charge in [0.25, 0.3) is 0 Å². The summed E-state index contributed by atoms with van der Waals surface area (Å²) in [6.07, 6.45) is 0.773. The van der Waals surface area contributed by atoms with E-state index in [1.165, 1.54) is 6.07 Å². The quantitative estimate of drug-likeness (QED) is 0.712.